The highest BCUT2D eigenvalue weighted by molar-refractivity contribution is 5.94. The summed E-state index contributed by atoms with van der Waals surface area (Å²) in [6, 6.07) is 7.39. The van der Waals surface area contributed by atoms with Crippen LogP contribution in [0.15, 0.2) is 24.3 Å². The lowest BCUT2D eigenvalue weighted by atomic mass is 9.98. The molecule has 23 heavy (non-hydrogen) atoms. The highest BCUT2D eigenvalue weighted by Crippen LogP contribution is 2.34. The lowest BCUT2D eigenvalue weighted by Gasteiger charge is -2.39. The number of carboxylic acid groups (broad SMARTS) is 1. The number of hydrogen-bond acceptors (Lipinski definition) is 3. The van der Waals surface area contributed by atoms with E-state index in [1.54, 1.807) is 9.80 Å². The number of ether oxygens (including phenoxy) is 1. The van der Waals surface area contributed by atoms with E-state index in [0.29, 0.717) is 25.3 Å². The smallest absolute Gasteiger partial charge is 0.324 e. The molecule has 124 valence electrons. The number of urea groups is 1. The van der Waals surface area contributed by atoms with Crippen molar-refractivity contribution in [3.63, 3.8) is 0 Å². The summed E-state index contributed by atoms with van der Waals surface area (Å²) in [7, 11) is 0. The molecule has 6 heteroatoms. The minimum absolute atomic E-state index is 0.0334. The van der Waals surface area contributed by atoms with Crippen LogP contribution in [0.5, 0.6) is 5.75 Å². The second kappa shape index (κ2) is 6.48. The molecule has 0 spiro atoms. The van der Waals surface area contributed by atoms with Gasteiger partial charge < -0.3 is 14.7 Å². The van der Waals surface area contributed by atoms with Crippen molar-refractivity contribution in [1.82, 2.24) is 4.90 Å². The van der Waals surface area contributed by atoms with Crippen molar-refractivity contribution in [3.05, 3.63) is 24.3 Å². The van der Waals surface area contributed by atoms with Gasteiger partial charge in [-0.3, -0.25) is 9.69 Å². The minimum atomic E-state index is -0.823. The summed E-state index contributed by atoms with van der Waals surface area (Å²) in [5.74, 6) is -0.576. The van der Waals surface area contributed by atoms with Gasteiger partial charge in [-0.15, -0.1) is 0 Å². The second-order valence-corrected chi connectivity index (χ2v) is 6.13. The predicted molar refractivity (Wildman–Crippen MR) is 85.8 cm³/mol. The summed E-state index contributed by atoms with van der Waals surface area (Å²) in [6.07, 6.45) is 2.15. The Morgan fingerprint density at radius 1 is 1.30 bits per heavy atom. The van der Waals surface area contributed by atoms with E-state index < -0.39 is 11.9 Å². The fourth-order valence-electron chi connectivity index (χ4n) is 3.22. The lowest BCUT2D eigenvalue weighted by Crippen LogP contribution is -2.52. The highest BCUT2D eigenvalue weighted by Gasteiger charge is 2.35. The van der Waals surface area contributed by atoms with Gasteiger partial charge in [-0.25, -0.2) is 4.79 Å². The molecule has 0 radical (unpaired) electrons. The van der Waals surface area contributed by atoms with E-state index in [1.165, 1.54) is 0 Å². The van der Waals surface area contributed by atoms with Crippen molar-refractivity contribution in [1.29, 1.82) is 0 Å². The van der Waals surface area contributed by atoms with Gasteiger partial charge in [0.1, 0.15) is 11.9 Å². The van der Waals surface area contributed by atoms with E-state index in [9.17, 15) is 14.7 Å². The first-order chi connectivity index (χ1) is 11.1. The van der Waals surface area contributed by atoms with Gasteiger partial charge in [0.15, 0.2) is 0 Å². The van der Waals surface area contributed by atoms with Crippen LogP contribution < -0.4 is 9.64 Å². The molecule has 2 aliphatic heterocycles. The monoisotopic (exact) mass is 318 g/mol. The summed E-state index contributed by atoms with van der Waals surface area (Å²) in [5.41, 5.74) is 0.764. The minimum Gasteiger partial charge on any atom is -0.486 e. The van der Waals surface area contributed by atoms with Crippen molar-refractivity contribution in [2.24, 2.45) is 5.92 Å². The third-order valence-electron chi connectivity index (χ3n) is 4.56. The fraction of sp³-hybridized carbons (Fsp3) is 0.529. The Morgan fingerprint density at radius 3 is 2.83 bits per heavy atom. The average Bonchev–Trinajstić information content (AvgIpc) is 2.60. The number of piperidine rings is 1. The van der Waals surface area contributed by atoms with Gasteiger partial charge in [0.25, 0.3) is 0 Å². The number of carbonyl (C=O) groups excluding carboxylic acids is 1. The molecule has 0 unspecified atom stereocenters. The van der Waals surface area contributed by atoms with Crippen LogP contribution in [0, 0.1) is 5.92 Å². The first-order valence-electron chi connectivity index (χ1n) is 8.15. The normalized spacial score (nSPS) is 23.9. The van der Waals surface area contributed by atoms with Gasteiger partial charge in [-0.2, -0.15) is 0 Å². The molecule has 2 heterocycles. The first kappa shape index (κ1) is 15.6. The van der Waals surface area contributed by atoms with Gasteiger partial charge in [0, 0.05) is 13.1 Å². The van der Waals surface area contributed by atoms with Gasteiger partial charge in [0.2, 0.25) is 0 Å². The van der Waals surface area contributed by atoms with Crippen molar-refractivity contribution < 1.29 is 19.4 Å². The molecule has 0 aromatic heterocycles. The van der Waals surface area contributed by atoms with Crippen LogP contribution in [-0.4, -0.2) is 47.7 Å². The van der Waals surface area contributed by atoms with Crippen molar-refractivity contribution in [3.8, 4) is 5.75 Å². The van der Waals surface area contributed by atoms with E-state index in [-0.39, 0.29) is 18.7 Å². The van der Waals surface area contributed by atoms with Crippen LogP contribution in [-0.2, 0) is 4.79 Å². The Hall–Kier alpha value is -2.24. The number of carboxylic acids is 1. The highest BCUT2D eigenvalue weighted by atomic mass is 16.5. The molecule has 1 aromatic rings. The molecule has 2 aliphatic rings. The number of carbonyl (C=O) groups is 2. The second-order valence-electron chi connectivity index (χ2n) is 6.13. The van der Waals surface area contributed by atoms with Crippen LogP contribution in [0.4, 0.5) is 10.5 Å². The zero-order valence-electron chi connectivity index (χ0n) is 13.3. The van der Waals surface area contributed by atoms with Crippen molar-refractivity contribution in [2.75, 3.05) is 24.5 Å². The molecular formula is C17H22N2O4. The maximum atomic E-state index is 12.9. The Morgan fingerprint density at radius 2 is 2.09 bits per heavy atom. The maximum absolute atomic E-state index is 12.9. The number of hydrogen-bond donors (Lipinski definition) is 1. The quantitative estimate of drug-likeness (QED) is 0.910. The number of benzene rings is 1. The molecule has 0 bridgehead atoms. The largest absolute Gasteiger partial charge is 0.486 e. The van der Waals surface area contributed by atoms with E-state index in [0.717, 1.165) is 18.5 Å². The van der Waals surface area contributed by atoms with E-state index in [4.69, 9.17) is 4.74 Å². The van der Waals surface area contributed by atoms with Crippen molar-refractivity contribution >= 4 is 17.7 Å². The van der Waals surface area contributed by atoms with Crippen molar-refractivity contribution in [2.45, 2.75) is 32.3 Å². The summed E-state index contributed by atoms with van der Waals surface area (Å²) in [4.78, 5) is 27.6. The van der Waals surface area contributed by atoms with Crippen LogP contribution in [0.2, 0.25) is 0 Å². The van der Waals surface area contributed by atoms with Crippen LogP contribution in [0.25, 0.3) is 0 Å². The first-order valence-corrected chi connectivity index (χ1v) is 8.15. The number of aliphatic carboxylic acids is 1. The molecule has 3 rings (SSSR count). The number of para-hydroxylation sites is 2. The summed E-state index contributed by atoms with van der Waals surface area (Å²) >= 11 is 0. The Bertz CT molecular complexity index is 604. The molecule has 6 nitrogen and oxygen atoms in total. The molecule has 1 aromatic carbocycles. The topological polar surface area (TPSA) is 70.1 Å². The number of fused-ring (bicyclic) bond motifs is 1. The zero-order valence-corrected chi connectivity index (χ0v) is 13.3. The number of nitrogens with zero attached hydrogens (tertiary/aromatic N) is 2. The third kappa shape index (κ3) is 3.11. The van der Waals surface area contributed by atoms with Gasteiger partial charge in [-0.05, 0) is 31.4 Å². The number of anilines is 1. The Balaban J connectivity index is 1.82. The predicted octanol–water partition coefficient (Wildman–Crippen LogP) is 2.58. The van der Waals surface area contributed by atoms with Crippen LogP contribution >= 0.6 is 0 Å². The number of rotatable bonds is 2. The standard InChI is InChI=1S/C17H22N2O4/c1-2-13-11-19(14-7-3-4-8-15(14)23-13)17(22)18-9-5-6-12(10-18)16(20)21/h3-4,7-8,12-13H,2,5-6,9-11H2,1H3,(H,20,21)/t12-,13+/m1/s1. The van der Waals surface area contributed by atoms with Gasteiger partial charge in [0.05, 0.1) is 18.2 Å². The molecule has 1 N–H and O–H groups in total. The Labute approximate surface area is 135 Å². The molecule has 2 atom stereocenters. The summed E-state index contributed by atoms with van der Waals surface area (Å²) in [6.45, 7) is 3.42. The van der Waals surface area contributed by atoms with Crippen LogP contribution in [0.3, 0.4) is 0 Å². The van der Waals surface area contributed by atoms with Gasteiger partial charge >= 0.3 is 12.0 Å². The average molecular weight is 318 g/mol. The molecule has 1 fully saturated rings. The molecule has 0 saturated carbocycles. The fourth-order valence-corrected chi connectivity index (χ4v) is 3.22. The SMILES string of the molecule is CC[C@H]1CN(C(=O)N2CCC[C@@H](C(=O)O)C2)c2ccccc2O1. The lowest BCUT2D eigenvalue weighted by molar-refractivity contribution is -0.143. The molecule has 1 saturated heterocycles. The number of likely N-dealkylation sites (tertiary alicyclic amines) is 1. The van der Waals surface area contributed by atoms with E-state index in [1.807, 2.05) is 31.2 Å². The Kier molecular flexibility index (Phi) is 4.41. The third-order valence-corrected chi connectivity index (χ3v) is 4.56. The molecule has 2 amide bonds. The zero-order chi connectivity index (χ0) is 16.4. The van der Waals surface area contributed by atoms with E-state index in [2.05, 4.69) is 0 Å². The maximum Gasteiger partial charge on any atom is 0.324 e. The molecule has 0 aliphatic carbocycles. The number of amides is 2. The summed E-state index contributed by atoms with van der Waals surface area (Å²) in [5, 5.41) is 9.21. The van der Waals surface area contributed by atoms with Crippen LogP contribution in [0.1, 0.15) is 26.2 Å². The summed E-state index contributed by atoms with van der Waals surface area (Å²) < 4.78 is 5.90. The van der Waals surface area contributed by atoms with E-state index >= 15 is 0 Å². The molecular weight excluding hydrogens is 296 g/mol. The van der Waals surface area contributed by atoms with Gasteiger partial charge in [-0.1, -0.05) is 19.1 Å².